The van der Waals surface area contributed by atoms with Crippen LogP contribution in [0.25, 0.3) is 0 Å². The lowest BCUT2D eigenvalue weighted by atomic mass is 10.0. The number of methoxy groups -OCH3 is 1. The molecule has 2 rings (SSSR count). The quantitative estimate of drug-likeness (QED) is 0.302. The predicted molar refractivity (Wildman–Crippen MR) is 148 cm³/mol. The number of carbonyl (C=O) groups is 1. The first-order chi connectivity index (χ1) is 17.6. The van der Waals surface area contributed by atoms with Gasteiger partial charge in [-0.25, -0.2) is 8.42 Å². The Kier molecular flexibility index (Phi) is 12.5. The number of carbonyl (C=O) groups excluding carboxylic acids is 1. The van der Waals surface area contributed by atoms with Crippen molar-refractivity contribution in [3.05, 3.63) is 65.7 Å². The molecule has 0 saturated carbocycles. The van der Waals surface area contributed by atoms with Crippen LogP contribution >= 0.6 is 0 Å². The molecule has 0 aliphatic carbocycles. The standard InChI is InChI=1S/C28H43N3O5S/c1-4-10-24(11-5-2)37(34,35)20-26(30)28(33)31(18-22-14-9-15-23(16-22)36-3)19-27(32)25(29)17-21-12-7-6-8-13-21/h6-9,12-16,24-27,32H,4-5,10-11,17-20,29-30H2,1-3H3/t25-,26?,27+/m0/s1. The largest absolute Gasteiger partial charge is 0.497 e. The molecule has 0 radical (unpaired) electrons. The average molecular weight is 534 g/mol. The molecule has 0 aromatic heterocycles. The van der Waals surface area contributed by atoms with Crippen LogP contribution in [0.5, 0.6) is 5.75 Å². The van der Waals surface area contributed by atoms with Crippen molar-refractivity contribution in [3.8, 4) is 5.75 Å². The maximum Gasteiger partial charge on any atom is 0.240 e. The van der Waals surface area contributed by atoms with Crippen molar-refractivity contribution >= 4 is 15.7 Å². The van der Waals surface area contributed by atoms with Crippen LogP contribution in [0, 0.1) is 0 Å². The zero-order chi connectivity index (χ0) is 27.4. The molecule has 9 heteroatoms. The number of sulfone groups is 1. The third-order valence-electron chi connectivity index (χ3n) is 6.49. The maximum atomic E-state index is 13.5. The van der Waals surface area contributed by atoms with E-state index in [1.54, 1.807) is 25.3 Å². The third kappa shape index (κ3) is 9.74. The van der Waals surface area contributed by atoms with E-state index < -0.39 is 44.9 Å². The van der Waals surface area contributed by atoms with E-state index in [9.17, 15) is 18.3 Å². The smallest absolute Gasteiger partial charge is 0.240 e. The topological polar surface area (TPSA) is 136 Å². The number of amides is 1. The average Bonchev–Trinajstić information content (AvgIpc) is 2.88. The second kappa shape index (κ2) is 15.1. The Morgan fingerprint density at radius 2 is 1.62 bits per heavy atom. The Bertz CT molecular complexity index is 1060. The number of nitrogens with two attached hydrogens (primary N) is 2. The highest BCUT2D eigenvalue weighted by Gasteiger charge is 2.32. The van der Waals surface area contributed by atoms with E-state index in [-0.39, 0.29) is 13.1 Å². The molecule has 2 aromatic rings. The van der Waals surface area contributed by atoms with Crippen LogP contribution in [0.3, 0.4) is 0 Å². The molecular formula is C28H43N3O5S. The summed E-state index contributed by atoms with van der Waals surface area (Å²) >= 11 is 0. The highest BCUT2D eigenvalue weighted by atomic mass is 32.2. The van der Waals surface area contributed by atoms with Gasteiger partial charge in [-0.3, -0.25) is 4.79 Å². The Morgan fingerprint density at radius 1 is 1.00 bits per heavy atom. The molecule has 1 amide bonds. The van der Waals surface area contributed by atoms with Crippen molar-refractivity contribution in [1.29, 1.82) is 0 Å². The van der Waals surface area contributed by atoms with Crippen LogP contribution in [0.1, 0.15) is 50.7 Å². The van der Waals surface area contributed by atoms with Crippen molar-refractivity contribution in [1.82, 2.24) is 4.90 Å². The molecule has 8 nitrogen and oxygen atoms in total. The van der Waals surface area contributed by atoms with Gasteiger partial charge in [0.05, 0.1) is 30.3 Å². The van der Waals surface area contributed by atoms with Crippen molar-refractivity contribution in [2.24, 2.45) is 11.5 Å². The van der Waals surface area contributed by atoms with Gasteiger partial charge in [0.1, 0.15) is 5.75 Å². The highest BCUT2D eigenvalue weighted by molar-refractivity contribution is 7.92. The summed E-state index contributed by atoms with van der Waals surface area (Å²) in [6, 6.07) is 14.9. The fraction of sp³-hybridized carbons (Fsp3) is 0.536. The molecule has 0 aliphatic heterocycles. The van der Waals surface area contributed by atoms with Crippen molar-refractivity contribution in [3.63, 3.8) is 0 Å². The first-order valence-corrected chi connectivity index (χ1v) is 14.7. The van der Waals surface area contributed by atoms with E-state index in [1.807, 2.05) is 50.2 Å². The van der Waals surface area contributed by atoms with E-state index in [4.69, 9.17) is 16.2 Å². The zero-order valence-electron chi connectivity index (χ0n) is 22.3. The second-order valence-corrected chi connectivity index (χ2v) is 12.0. The molecule has 2 aromatic carbocycles. The number of hydrogen-bond acceptors (Lipinski definition) is 7. The van der Waals surface area contributed by atoms with Gasteiger partial charge in [0, 0.05) is 19.1 Å². The fourth-order valence-electron chi connectivity index (χ4n) is 4.45. The van der Waals surface area contributed by atoms with Crippen LogP contribution < -0.4 is 16.2 Å². The summed E-state index contributed by atoms with van der Waals surface area (Å²) in [5.41, 5.74) is 14.2. The summed E-state index contributed by atoms with van der Waals surface area (Å²) in [4.78, 5) is 14.9. The van der Waals surface area contributed by atoms with Crippen molar-refractivity contribution in [2.75, 3.05) is 19.4 Å². The third-order valence-corrected chi connectivity index (χ3v) is 8.80. The first-order valence-electron chi connectivity index (χ1n) is 13.0. The van der Waals surface area contributed by atoms with E-state index in [0.29, 0.717) is 25.0 Å². The number of ether oxygens (including phenoxy) is 1. The zero-order valence-corrected chi connectivity index (χ0v) is 23.1. The van der Waals surface area contributed by atoms with Crippen LogP contribution in [0.2, 0.25) is 0 Å². The molecular weight excluding hydrogens is 490 g/mol. The molecule has 37 heavy (non-hydrogen) atoms. The fourth-order valence-corrected chi connectivity index (χ4v) is 6.55. The number of aliphatic hydroxyl groups is 1. The number of rotatable bonds is 16. The molecule has 0 aliphatic rings. The monoisotopic (exact) mass is 533 g/mol. The van der Waals surface area contributed by atoms with Crippen molar-refractivity contribution in [2.45, 2.75) is 75.9 Å². The van der Waals surface area contributed by atoms with E-state index in [2.05, 4.69) is 0 Å². The van der Waals surface area contributed by atoms with Gasteiger partial charge in [0.15, 0.2) is 9.84 Å². The van der Waals surface area contributed by atoms with E-state index in [0.717, 1.165) is 24.0 Å². The lowest BCUT2D eigenvalue weighted by Gasteiger charge is -2.30. The molecule has 3 atom stereocenters. The van der Waals surface area contributed by atoms with Crippen LogP contribution in [0.4, 0.5) is 0 Å². The molecule has 0 spiro atoms. The number of aliphatic hydroxyl groups excluding tert-OH is 1. The summed E-state index contributed by atoms with van der Waals surface area (Å²) in [6.45, 7) is 3.94. The van der Waals surface area contributed by atoms with Crippen LogP contribution in [-0.2, 0) is 27.6 Å². The van der Waals surface area contributed by atoms with Gasteiger partial charge in [0.25, 0.3) is 0 Å². The molecule has 206 valence electrons. The van der Waals surface area contributed by atoms with E-state index >= 15 is 0 Å². The van der Waals surface area contributed by atoms with Crippen LogP contribution in [-0.4, -0.2) is 67.2 Å². The molecule has 0 fully saturated rings. The van der Waals surface area contributed by atoms with Gasteiger partial charge in [-0.15, -0.1) is 0 Å². The second-order valence-electron chi connectivity index (χ2n) is 9.63. The summed E-state index contributed by atoms with van der Waals surface area (Å²) in [5.74, 6) is -0.346. The number of benzene rings is 2. The lowest BCUT2D eigenvalue weighted by Crippen LogP contribution is -2.52. The SMILES string of the molecule is CCCC(CCC)S(=O)(=O)CC(N)C(=O)N(Cc1cccc(OC)c1)C[C@@H](O)[C@@H](N)Cc1ccccc1. The Labute approximate surface area is 221 Å². The van der Waals surface area contributed by atoms with Crippen molar-refractivity contribution < 1.29 is 23.1 Å². The minimum Gasteiger partial charge on any atom is -0.497 e. The molecule has 0 bridgehead atoms. The minimum absolute atomic E-state index is 0.0782. The highest BCUT2D eigenvalue weighted by Crippen LogP contribution is 2.19. The van der Waals surface area contributed by atoms with Gasteiger partial charge in [0.2, 0.25) is 5.91 Å². The van der Waals surface area contributed by atoms with Crippen LogP contribution in [0.15, 0.2) is 54.6 Å². The van der Waals surface area contributed by atoms with Gasteiger partial charge in [-0.1, -0.05) is 69.2 Å². The van der Waals surface area contributed by atoms with Gasteiger partial charge in [-0.05, 0) is 42.5 Å². The Hall–Kier alpha value is -2.46. The van der Waals surface area contributed by atoms with Gasteiger partial charge in [-0.2, -0.15) is 0 Å². The molecule has 0 saturated heterocycles. The Balaban J connectivity index is 2.22. The summed E-state index contributed by atoms with van der Waals surface area (Å²) in [5, 5.41) is 10.4. The summed E-state index contributed by atoms with van der Waals surface area (Å²) < 4.78 is 31.5. The van der Waals surface area contributed by atoms with Gasteiger partial charge >= 0.3 is 0 Å². The molecule has 5 N–H and O–H groups in total. The molecule has 1 unspecified atom stereocenters. The summed E-state index contributed by atoms with van der Waals surface area (Å²) in [7, 11) is -2.02. The van der Waals surface area contributed by atoms with Gasteiger partial charge < -0.3 is 26.2 Å². The minimum atomic E-state index is -3.57. The number of nitrogens with zero attached hydrogens (tertiary/aromatic N) is 1. The number of hydrogen-bond donors (Lipinski definition) is 3. The lowest BCUT2D eigenvalue weighted by molar-refractivity contribution is -0.134. The molecule has 0 heterocycles. The first kappa shape index (κ1) is 30.8. The summed E-state index contributed by atoms with van der Waals surface area (Å²) in [6.07, 6.45) is 1.95. The predicted octanol–water partition coefficient (Wildman–Crippen LogP) is 2.67. The Morgan fingerprint density at radius 3 is 2.22 bits per heavy atom. The van der Waals surface area contributed by atoms with E-state index in [1.165, 1.54) is 4.90 Å². The maximum absolute atomic E-state index is 13.5. The normalized spacial score (nSPS) is 14.2.